The first kappa shape index (κ1) is 11.7. The topological polar surface area (TPSA) is 34.9 Å². The Morgan fingerprint density at radius 2 is 2.33 bits per heavy atom. The van der Waals surface area contributed by atoms with Gasteiger partial charge in [0.1, 0.15) is 6.33 Å². The van der Waals surface area contributed by atoms with Gasteiger partial charge in [-0.2, -0.15) is 0 Å². The van der Waals surface area contributed by atoms with Crippen LogP contribution in [0.15, 0.2) is 19.1 Å². The Morgan fingerprint density at radius 1 is 1.53 bits per heavy atom. The molecule has 1 aromatic rings. The Hall–Kier alpha value is -1.38. The summed E-state index contributed by atoms with van der Waals surface area (Å²) in [6.07, 6.45) is 10.0. The number of carbonyl (C=O) groups is 1. The van der Waals surface area contributed by atoms with Crippen LogP contribution >= 0.6 is 0 Å². The number of unbranched alkanes of at least 4 members (excludes halogenated alkanes) is 3. The summed E-state index contributed by atoms with van der Waals surface area (Å²) < 4.78 is 1.54. The molecule has 15 heavy (non-hydrogen) atoms. The lowest BCUT2D eigenvalue weighted by atomic mass is 10.1. The number of hydrogen-bond acceptors (Lipinski definition) is 2. The Morgan fingerprint density at radius 3 is 2.93 bits per heavy atom. The quantitative estimate of drug-likeness (QED) is 0.670. The molecule has 0 saturated carbocycles. The maximum absolute atomic E-state index is 11.6. The third kappa shape index (κ3) is 3.70. The minimum absolute atomic E-state index is 0.117. The number of aromatic nitrogens is 2. The van der Waals surface area contributed by atoms with Crippen LogP contribution in [-0.4, -0.2) is 15.5 Å². The standard InChI is InChI=1S/C12H18N2O/c1-3-5-6-7-8-12(15)14-9-11(4-2)13-10-14/h4,9-10H,2-3,5-8H2,1H3. The molecule has 82 valence electrons. The second-order valence-electron chi connectivity index (χ2n) is 3.61. The summed E-state index contributed by atoms with van der Waals surface area (Å²) in [5.41, 5.74) is 0.747. The van der Waals surface area contributed by atoms with Crippen LogP contribution < -0.4 is 0 Å². The van der Waals surface area contributed by atoms with Crippen molar-refractivity contribution in [2.45, 2.75) is 39.0 Å². The van der Waals surface area contributed by atoms with E-state index in [1.54, 1.807) is 23.2 Å². The van der Waals surface area contributed by atoms with Crippen molar-refractivity contribution in [1.29, 1.82) is 0 Å². The predicted molar refractivity (Wildman–Crippen MR) is 61.7 cm³/mol. The molecule has 1 aromatic heterocycles. The second-order valence-corrected chi connectivity index (χ2v) is 3.61. The lowest BCUT2D eigenvalue weighted by molar-refractivity contribution is 0.0899. The van der Waals surface area contributed by atoms with Crippen molar-refractivity contribution in [3.63, 3.8) is 0 Å². The maximum atomic E-state index is 11.6. The fourth-order valence-corrected chi connectivity index (χ4v) is 1.41. The molecule has 0 aromatic carbocycles. The van der Waals surface area contributed by atoms with Gasteiger partial charge >= 0.3 is 0 Å². The molecule has 0 aliphatic carbocycles. The van der Waals surface area contributed by atoms with Gasteiger partial charge in [-0.15, -0.1) is 0 Å². The molecule has 0 fully saturated rings. The lowest BCUT2D eigenvalue weighted by Gasteiger charge is -2.00. The fraction of sp³-hybridized carbons (Fsp3) is 0.500. The van der Waals surface area contributed by atoms with Gasteiger partial charge < -0.3 is 0 Å². The van der Waals surface area contributed by atoms with E-state index in [4.69, 9.17) is 0 Å². The van der Waals surface area contributed by atoms with Crippen LogP contribution in [-0.2, 0) is 0 Å². The normalized spacial score (nSPS) is 10.2. The summed E-state index contributed by atoms with van der Waals surface area (Å²) in [6.45, 7) is 5.76. The zero-order valence-electron chi connectivity index (χ0n) is 9.28. The van der Waals surface area contributed by atoms with Crippen LogP contribution in [0.3, 0.4) is 0 Å². The van der Waals surface area contributed by atoms with E-state index in [0.717, 1.165) is 18.5 Å². The van der Waals surface area contributed by atoms with Gasteiger partial charge in [0.15, 0.2) is 0 Å². The highest BCUT2D eigenvalue weighted by atomic mass is 16.2. The van der Waals surface area contributed by atoms with Gasteiger partial charge in [-0.05, 0) is 12.5 Å². The zero-order chi connectivity index (χ0) is 11.1. The van der Waals surface area contributed by atoms with Crippen LogP contribution in [0.4, 0.5) is 0 Å². The van der Waals surface area contributed by atoms with Crippen LogP contribution in [0.2, 0.25) is 0 Å². The van der Waals surface area contributed by atoms with Gasteiger partial charge in [0.2, 0.25) is 5.91 Å². The number of nitrogens with zero attached hydrogens (tertiary/aromatic N) is 2. The van der Waals surface area contributed by atoms with Crippen molar-refractivity contribution >= 4 is 12.0 Å². The fourth-order valence-electron chi connectivity index (χ4n) is 1.41. The zero-order valence-corrected chi connectivity index (χ0v) is 9.28. The highest BCUT2D eigenvalue weighted by Gasteiger charge is 2.04. The molecular weight excluding hydrogens is 188 g/mol. The average Bonchev–Trinajstić information content (AvgIpc) is 2.72. The number of imidazole rings is 1. The van der Waals surface area contributed by atoms with Crippen LogP contribution in [0, 0.1) is 0 Å². The third-order valence-electron chi connectivity index (χ3n) is 2.34. The number of hydrogen-bond donors (Lipinski definition) is 0. The van der Waals surface area contributed by atoms with Gasteiger partial charge in [0, 0.05) is 12.6 Å². The van der Waals surface area contributed by atoms with E-state index in [-0.39, 0.29) is 5.91 Å². The largest absolute Gasteiger partial charge is 0.276 e. The lowest BCUT2D eigenvalue weighted by Crippen LogP contribution is -2.07. The molecule has 0 aliphatic heterocycles. The van der Waals surface area contributed by atoms with Gasteiger partial charge in [-0.3, -0.25) is 9.36 Å². The second kappa shape index (κ2) is 6.17. The molecule has 0 bridgehead atoms. The molecule has 0 aliphatic rings. The van der Waals surface area contributed by atoms with E-state index in [1.807, 2.05) is 0 Å². The summed E-state index contributed by atoms with van der Waals surface area (Å²) in [6, 6.07) is 0. The van der Waals surface area contributed by atoms with Crippen LogP contribution in [0.1, 0.15) is 49.5 Å². The highest BCUT2D eigenvalue weighted by Crippen LogP contribution is 2.05. The Balaban J connectivity index is 2.36. The SMILES string of the molecule is C=Cc1cn(C(=O)CCCCCC)cn1. The van der Waals surface area contributed by atoms with E-state index >= 15 is 0 Å². The Labute approximate surface area is 90.8 Å². The molecule has 0 saturated heterocycles. The van der Waals surface area contributed by atoms with E-state index in [2.05, 4.69) is 18.5 Å². The molecule has 3 nitrogen and oxygen atoms in total. The van der Waals surface area contributed by atoms with Gasteiger partial charge in [0.25, 0.3) is 0 Å². The first-order valence-corrected chi connectivity index (χ1v) is 5.47. The van der Waals surface area contributed by atoms with E-state index < -0.39 is 0 Å². The molecule has 0 atom stereocenters. The average molecular weight is 206 g/mol. The molecule has 0 N–H and O–H groups in total. The Kier molecular flexibility index (Phi) is 4.81. The molecular formula is C12H18N2O. The molecule has 0 amide bonds. The molecule has 0 spiro atoms. The molecule has 3 heteroatoms. The maximum Gasteiger partial charge on any atom is 0.231 e. The van der Waals surface area contributed by atoms with E-state index in [0.29, 0.717) is 6.42 Å². The van der Waals surface area contributed by atoms with Crippen molar-refractivity contribution in [3.05, 3.63) is 24.8 Å². The first-order chi connectivity index (χ1) is 7.27. The minimum atomic E-state index is 0.117. The Bertz CT molecular complexity index is 328. The summed E-state index contributed by atoms with van der Waals surface area (Å²) in [7, 11) is 0. The van der Waals surface area contributed by atoms with E-state index in [1.165, 1.54) is 12.8 Å². The van der Waals surface area contributed by atoms with Gasteiger partial charge in [0.05, 0.1) is 5.69 Å². The summed E-state index contributed by atoms with van der Waals surface area (Å²) >= 11 is 0. The number of carbonyl (C=O) groups excluding carboxylic acids is 1. The van der Waals surface area contributed by atoms with Crippen molar-refractivity contribution in [2.75, 3.05) is 0 Å². The van der Waals surface area contributed by atoms with Crippen LogP contribution in [0.25, 0.3) is 6.08 Å². The van der Waals surface area contributed by atoms with Gasteiger partial charge in [-0.25, -0.2) is 4.98 Å². The van der Waals surface area contributed by atoms with Crippen molar-refractivity contribution in [2.24, 2.45) is 0 Å². The molecule has 1 heterocycles. The predicted octanol–water partition coefficient (Wildman–Crippen LogP) is 3.14. The van der Waals surface area contributed by atoms with Crippen molar-refractivity contribution < 1.29 is 4.79 Å². The summed E-state index contributed by atoms with van der Waals surface area (Å²) in [4.78, 5) is 15.6. The van der Waals surface area contributed by atoms with Crippen LogP contribution in [0.5, 0.6) is 0 Å². The van der Waals surface area contributed by atoms with Gasteiger partial charge in [-0.1, -0.05) is 32.8 Å². The third-order valence-corrected chi connectivity index (χ3v) is 2.34. The molecule has 1 rings (SSSR count). The van der Waals surface area contributed by atoms with E-state index in [9.17, 15) is 4.79 Å². The molecule has 0 unspecified atom stereocenters. The smallest absolute Gasteiger partial charge is 0.231 e. The van der Waals surface area contributed by atoms with Crippen molar-refractivity contribution in [1.82, 2.24) is 9.55 Å². The first-order valence-electron chi connectivity index (χ1n) is 5.47. The minimum Gasteiger partial charge on any atom is -0.276 e. The summed E-state index contributed by atoms with van der Waals surface area (Å²) in [5, 5.41) is 0. The van der Waals surface area contributed by atoms with Crippen molar-refractivity contribution in [3.8, 4) is 0 Å². The summed E-state index contributed by atoms with van der Waals surface area (Å²) in [5.74, 6) is 0.117. The molecule has 0 radical (unpaired) electrons. The number of rotatable bonds is 6. The highest BCUT2D eigenvalue weighted by molar-refractivity contribution is 5.79. The monoisotopic (exact) mass is 206 g/mol.